The first kappa shape index (κ1) is 11.6. The summed E-state index contributed by atoms with van der Waals surface area (Å²) < 4.78 is 41.6. The predicted octanol–water partition coefficient (Wildman–Crippen LogP) is 1.96. The SMILES string of the molecule is COc1cc(O)ccc1[C@@H](N)C(F)(F)F. The van der Waals surface area contributed by atoms with E-state index in [-0.39, 0.29) is 17.1 Å². The average molecular weight is 221 g/mol. The van der Waals surface area contributed by atoms with Crippen LogP contribution in [0.2, 0.25) is 0 Å². The Hall–Kier alpha value is -1.43. The van der Waals surface area contributed by atoms with Crippen LogP contribution < -0.4 is 10.5 Å². The molecule has 0 aliphatic carbocycles. The predicted molar refractivity (Wildman–Crippen MR) is 47.6 cm³/mol. The van der Waals surface area contributed by atoms with Crippen molar-refractivity contribution in [1.82, 2.24) is 0 Å². The summed E-state index contributed by atoms with van der Waals surface area (Å²) in [4.78, 5) is 0. The van der Waals surface area contributed by atoms with Crippen LogP contribution >= 0.6 is 0 Å². The Balaban J connectivity index is 3.14. The van der Waals surface area contributed by atoms with Gasteiger partial charge in [0.05, 0.1) is 7.11 Å². The number of nitrogens with two attached hydrogens (primary N) is 1. The van der Waals surface area contributed by atoms with E-state index in [1.54, 1.807) is 0 Å². The Bertz CT molecular complexity index is 352. The van der Waals surface area contributed by atoms with E-state index in [9.17, 15) is 13.2 Å². The second kappa shape index (κ2) is 3.98. The molecule has 1 aromatic carbocycles. The van der Waals surface area contributed by atoms with Gasteiger partial charge in [0.2, 0.25) is 0 Å². The fraction of sp³-hybridized carbons (Fsp3) is 0.333. The van der Waals surface area contributed by atoms with Crippen molar-refractivity contribution in [2.75, 3.05) is 7.11 Å². The first-order valence-corrected chi connectivity index (χ1v) is 4.05. The van der Waals surface area contributed by atoms with E-state index in [1.165, 1.54) is 7.11 Å². The highest BCUT2D eigenvalue weighted by Gasteiger charge is 2.39. The van der Waals surface area contributed by atoms with Gasteiger partial charge in [0.1, 0.15) is 17.5 Å². The molecule has 1 atom stereocenters. The maximum Gasteiger partial charge on any atom is 0.407 e. The fourth-order valence-corrected chi connectivity index (χ4v) is 1.13. The average Bonchev–Trinajstić information content (AvgIpc) is 2.15. The lowest BCUT2D eigenvalue weighted by atomic mass is 10.1. The molecule has 0 aromatic heterocycles. The molecule has 0 saturated carbocycles. The van der Waals surface area contributed by atoms with Crippen molar-refractivity contribution in [1.29, 1.82) is 0 Å². The third-order valence-electron chi connectivity index (χ3n) is 1.90. The van der Waals surface area contributed by atoms with E-state index in [4.69, 9.17) is 15.6 Å². The summed E-state index contributed by atoms with van der Waals surface area (Å²) in [6.45, 7) is 0. The molecule has 0 bridgehead atoms. The summed E-state index contributed by atoms with van der Waals surface area (Å²) in [7, 11) is 1.21. The number of rotatable bonds is 2. The molecular weight excluding hydrogens is 211 g/mol. The fourth-order valence-electron chi connectivity index (χ4n) is 1.13. The van der Waals surface area contributed by atoms with Gasteiger partial charge in [-0.25, -0.2) is 0 Å². The molecule has 0 heterocycles. The first-order valence-electron chi connectivity index (χ1n) is 4.05. The zero-order valence-electron chi connectivity index (χ0n) is 7.88. The van der Waals surface area contributed by atoms with Crippen LogP contribution in [0.5, 0.6) is 11.5 Å². The van der Waals surface area contributed by atoms with Gasteiger partial charge in [-0.15, -0.1) is 0 Å². The molecule has 0 aliphatic heterocycles. The summed E-state index contributed by atoms with van der Waals surface area (Å²) in [6.07, 6.45) is -4.54. The minimum Gasteiger partial charge on any atom is -0.508 e. The van der Waals surface area contributed by atoms with Gasteiger partial charge in [-0.3, -0.25) is 0 Å². The smallest absolute Gasteiger partial charge is 0.407 e. The molecule has 0 amide bonds. The van der Waals surface area contributed by atoms with Crippen LogP contribution in [0.3, 0.4) is 0 Å². The highest BCUT2D eigenvalue weighted by atomic mass is 19.4. The van der Waals surface area contributed by atoms with Crippen LogP contribution in [0.4, 0.5) is 13.2 Å². The Morgan fingerprint density at radius 1 is 1.40 bits per heavy atom. The zero-order valence-corrected chi connectivity index (χ0v) is 7.88. The van der Waals surface area contributed by atoms with Crippen LogP contribution in [0.25, 0.3) is 0 Å². The van der Waals surface area contributed by atoms with Gasteiger partial charge in [0.25, 0.3) is 0 Å². The summed E-state index contributed by atoms with van der Waals surface area (Å²) >= 11 is 0. The van der Waals surface area contributed by atoms with Gasteiger partial charge < -0.3 is 15.6 Å². The van der Waals surface area contributed by atoms with Crippen LogP contribution in [0.1, 0.15) is 11.6 Å². The van der Waals surface area contributed by atoms with Crippen molar-refractivity contribution < 1.29 is 23.0 Å². The number of phenolic OH excluding ortho intramolecular Hbond substituents is 1. The number of hydrogen-bond acceptors (Lipinski definition) is 3. The van der Waals surface area contributed by atoms with Gasteiger partial charge in [-0.05, 0) is 12.1 Å². The molecule has 1 aromatic rings. The van der Waals surface area contributed by atoms with Crippen molar-refractivity contribution in [3.63, 3.8) is 0 Å². The van der Waals surface area contributed by atoms with E-state index in [2.05, 4.69) is 0 Å². The number of benzene rings is 1. The van der Waals surface area contributed by atoms with Crippen LogP contribution in [-0.2, 0) is 0 Å². The van der Waals surface area contributed by atoms with Crippen molar-refractivity contribution in [2.24, 2.45) is 5.73 Å². The summed E-state index contributed by atoms with van der Waals surface area (Å²) in [5.74, 6) is -0.259. The normalized spacial score (nSPS) is 13.7. The Labute approximate surface area is 84.3 Å². The second-order valence-electron chi connectivity index (χ2n) is 2.95. The maximum absolute atomic E-state index is 12.3. The maximum atomic E-state index is 12.3. The lowest BCUT2D eigenvalue weighted by molar-refractivity contribution is -0.149. The quantitative estimate of drug-likeness (QED) is 0.802. The minimum absolute atomic E-state index is 0.0835. The lowest BCUT2D eigenvalue weighted by Crippen LogP contribution is -2.28. The van der Waals surface area contributed by atoms with E-state index in [1.807, 2.05) is 0 Å². The van der Waals surface area contributed by atoms with Crippen molar-refractivity contribution in [2.45, 2.75) is 12.2 Å². The lowest BCUT2D eigenvalue weighted by Gasteiger charge is -2.18. The molecule has 1 rings (SSSR count). The molecule has 0 spiro atoms. The Kier molecular flexibility index (Phi) is 3.09. The monoisotopic (exact) mass is 221 g/mol. The third-order valence-corrected chi connectivity index (χ3v) is 1.90. The summed E-state index contributed by atoms with van der Waals surface area (Å²) in [5, 5.41) is 9.05. The summed E-state index contributed by atoms with van der Waals surface area (Å²) in [5.41, 5.74) is 4.81. The molecule has 0 fully saturated rings. The molecule has 3 nitrogen and oxygen atoms in total. The highest BCUT2D eigenvalue weighted by molar-refractivity contribution is 5.42. The Morgan fingerprint density at radius 3 is 2.47 bits per heavy atom. The second-order valence-corrected chi connectivity index (χ2v) is 2.95. The zero-order chi connectivity index (χ0) is 11.6. The minimum atomic E-state index is -4.54. The molecular formula is C9H10F3NO2. The van der Waals surface area contributed by atoms with E-state index in [0.29, 0.717) is 0 Å². The molecule has 84 valence electrons. The van der Waals surface area contributed by atoms with Crippen molar-refractivity contribution in [3.05, 3.63) is 23.8 Å². The number of ether oxygens (including phenoxy) is 1. The molecule has 15 heavy (non-hydrogen) atoms. The number of methoxy groups -OCH3 is 1. The number of phenols is 1. The molecule has 0 aliphatic rings. The highest BCUT2D eigenvalue weighted by Crippen LogP contribution is 2.36. The van der Waals surface area contributed by atoms with Gasteiger partial charge >= 0.3 is 6.18 Å². The largest absolute Gasteiger partial charge is 0.508 e. The topological polar surface area (TPSA) is 55.5 Å². The molecule has 3 N–H and O–H groups in total. The first-order chi connectivity index (χ1) is 6.86. The molecule has 0 saturated heterocycles. The number of hydrogen-bond donors (Lipinski definition) is 2. The molecule has 0 radical (unpaired) electrons. The van der Waals surface area contributed by atoms with E-state index in [0.717, 1.165) is 18.2 Å². The van der Waals surface area contributed by atoms with Crippen molar-refractivity contribution in [3.8, 4) is 11.5 Å². The van der Waals surface area contributed by atoms with E-state index >= 15 is 0 Å². The number of aromatic hydroxyl groups is 1. The van der Waals surface area contributed by atoms with Gasteiger partial charge in [0.15, 0.2) is 0 Å². The van der Waals surface area contributed by atoms with E-state index < -0.39 is 12.2 Å². The molecule has 6 heteroatoms. The van der Waals surface area contributed by atoms with Crippen LogP contribution in [-0.4, -0.2) is 18.4 Å². The number of halogens is 3. The van der Waals surface area contributed by atoms with Gasteiger partial charge in [0, 0.05) is 11.6 Å². The Morgan fingerprint density at radius 2 is 2.00 bits per heavy atom. The van der Waals surface area contributed by atoms with Gasteiger partial charge in [-0.2, -0.15) is 13.2 Å². The van der Waals surface area contributed by atoms with Gasteiger partial charge in [-0.1, -0.05) is 0 Å². The van der Waals surface area contributed by atoms with Crippen molar-refractivity contribution >= 4 is 0 Å². The number of alkyl halides is 3. The third kappa shape index (κ3) is 2.53. The summed E-state index contributed by atoms with van der Waals surface area (Å²) in [6, 6.07) is 1.18. The van der Waals surface area contributed by atoms with Crippen LogP contribution in [0.15, 0.2) is 18.2 Å². The standard InChI is InChI=1S/C9H10F3NO2/c1-15-7-4-5(14)2-3-6(7)8(13)9(10,11)12/h2-4,8,14H,13H2,1H3/t8-/m1/s1. The van der Waals surface area contributed by atoms with Crippen LogP contribution in [0, 0.1) is 0 Å². The molecule has 0 unspecified atom stereocenters.